The van der Waals surface area contributed by atoms with E-state index in [4.69, 9.17) is 0 Å². The Morgan fingerprint density at radius 3 is 1.82 bits per heavy atom. The van der Waals surface area contributed by atoms with Crippen molar-refractivity contribution in [2.75, 3.05) is 0 Å². The van der Waals surface area contributed by atoms with Crippen LogP contribution in [-0.4, -0.2) is 11.2 Å². The molecule has 1 saturated carbocycles. The SMILES string of the molecule is OC(C=C(c1ccccc1)c1ccccc1)C1CCCCC1. The number of rotatable bonds is 4. The Labute approximate surface area is 133 Å². The molecule has 1 atom stereocenters. The molecule has 0 spiro atoms. The molecule has 0 aromatic heterocycles. The minimum absolute atomic E-state index is 0.351. The minimum Gasteiger partial charge on any atom is -0.389 e. The topological polar surface area (TPSA) is 20.2 Å². The van der Waals surface area contributed by atoms with E-state index < -0.39 is 0 Å². The molecule has 0 saturated heterocycles. The molecule has 22 heavy (non-hydrogen) atoms. The molecular weight excluding hydrogens is 268 g/mol. The summed E-state index contributed by atoms with van der Waals surface area (Å²) in [7, 11) is 0. The zero-order valence-corrected chi connectivity index (χ0v) is 13.0. The van der Waals surface area contributed by atoms with Crippen molar-refractivity contribution in [2.24, 2.45) is 5.92 Å². The monoisotopic (exact) mass is 292 g/mol. The second-order valence-electron chi connectivity index (χ2n) is 6.20. The van der Waals surface area contributed by atoms with Crippen molar-refractivity contribution in [3.8, 4) is 0 Å². The smallest absolute Gasteiger partial charge is 0.0758 e. The summed E-state index contributed by atoms with van der Waals surface area (Å²) in [5.74, 6) is 0.413. The normalized spacial score (nSPS) is 17.0. The van der Waals surface area contributed by atoms with Crippen molar-refractivity contribution < 1.29 is 5.11 Å². The third-order valence-corrected chi connectivity index (χ3v) is 4.64. The maximum absolute atomic E-state index is 10.7. The van der Waals surface area contributed by atoms with Gasteiger partial charge in [-0.1, -0.05) is 79.9 Å². The summed E-state index contributed by atoms with van der Waals surface area (Å²) in [5.41, 5.74) is 3.48. The third-order valence-electron chi connectivity index (χ3n) is 4.64. The van der Waals surface area contributed by atoms with E-state index in [0.717, 1.165) is 18.4 Å². The Morgan fingerprint density at radius 1 is 0.818 bits per heavy atom. The van der Waals surface area contributed by atoms with Crippen molar-refractivity contribution in [3.05, 3.63) is 77.9 Å². The van der Waals surface area contributed by atoms with Gasteiger partial charge in [0.25, 0.3) is 0 Å². The molecule has 3 rings (SSSR count). The summed E-state index contributed by atoms with van der Waals surface area (Å²) in [6.45, 7) is 0. The summed E-state index contributed by atoms with van der Waals surface area (Å²) >= 11 is 0. The zero-order valence-electron chi connectivity index (χ0n) is 13.0. The van der Waals surface area contributed by atoms with Gasteiger partial charge in [0.1, 0.15) is 0 Å². The van der Waals surface area contributed by atoms with E-state index in [1.165, 1.54) is 30.4 Å². The summed E-state index contributed by atoms with van der Waals surface area (Å²) < 4.78 is 0. The van der Waals surface area contributed by atoms with Crippen LogP contribution in [0.3, 0.4) is 0 Å². The highest BCUT2D eigenvalue weighted by Crippen LogP contribution is 2.30. The lowest BCUT2D eigenvalue weighted by Crippen LogP contribution is -2.21. The number of benzene rings is 2. The van der Waals surface area contributed by atoms with Gasteiger partial charge in [0.05, 0.1) is 6.10 Å². The molecule has 0 heterocycles. The number of hydrogen-bond donors (Lipinski definition) is 1. The first kappa shape index (κ1) is 15.1. The molecule has 2 aromatic rings. The second kappa shape index (κ2) is 7.42. The standard InChI is InChI=1S/C21H24O/c22-21(19-14-8-3-9-15-19)16-20(17-10-4-1-5-11-17)18-12-6-2-7-13-18/h1-2,4-7,10-13,16,19,21-22H,3,8-9,14-15H2. The lowest BCUT2D eigenvalue weighted by molar-refractivity contribution is 0.125. The van der Waals surface area contributed by atoms with Crippen LogP contribution in [0, 0.1) is 5.92 Å². The summed E-state index contributed by atoms with van der Waals surface area (Å²) in [4.78, 5) is 0. The molecule has 1 heteroatoms. The summed E-state index contributed by atoms with van der Waals surface area (Å²) in [6.07, 6.45) is 7.83. The van der Waals surface area contributed by atoms with Crippen molar-refractivity contribution in [3.63, 3.8) is 0 Å². The zero-order chi connectivity index (χ0) is 15.2. The molecular formula is C21H24O. The Bertz CT molecular complexity index is 553. The maximum atomic E-state index is 10.7. The van der Waals surface area contributed by atoms with Gasteiger partial charge in [-0.3, -0.25) is 0 Å². The van der Waals surface area contributed by atoms with Gasteiger partial charge in [-0.25, -0.2) is 0 Å². The fourth-order valence-electron chi connectivity index (χ4n) is 3.38. The third kappa shape index (κ3) is 3.66. The van der Waals surface area contributed by atoms with Crippen molar-refractivity contribution >= 4 is 5.57 Å². The van der Waals surface area contributed by atoms with Crippen LogP contribution >= 0.6 is 0 Å². The molecule has 0 radical (unpaired) electrons. The van der Waals surface area contributed by atoms with Crippen LogP contribution in [0.25, 0.3) is 5.57 Å². The largest absolute Gasteiger partial charge is 0.389 e. The first-order valence-corrected chi connectivity index (χ1v) is 8.35. The molecule has 1 unspecified atom stereocenters. The van der Waals surface area contributed by atoms with Gasteiger partial charge in [-0.05, 0) is 41.5 Å². The number of aliphatic hydroxyl groups excluding tert-OH is 1. The van der Waals surface area contributed by atoms with Gasteiger partial charge in [-0.15, -0.1) is 0 Å². The highest BCUT2D eigenvalue weighted by atomic mass is 16.3. The second-order valence-corrected chi connectivity index (χ2v) is 6.20. The van der Waals surface area contributed by atoms with Crippen LogP contribution in [0.4, 0.5) is 0 Å². The lowest BCUT2D eigenvalue weighted by atomic mass is 9.83. The van der Waals surface area contributed by atoms with Crippen molar-refractivity contribution in [1.82, 2.24) is 0 Å². The molecule has 1 N–H and O–H groups in total. The predicted octanol–water partition coefficient (Wildman–Crippen LogP) is 5.06. The average molecular weight is 292 g/mol. The van der Waals surface area contributed by atoms with Crippen molar-refractivity contribution in [2.45, 2.75) is 38.2 Å². The van der Waals surface area contributed by atoms with Crippen LogP contribution < -0.4 is 0 Å². The molecule has 1 fully saturated rings. The quantitative estimate of drug-likeness (QED) is 0.835. The fraction of sp³-hybridized carbons (Fsp3) is 0.333. The van der Waals surface area contributed by atoms with E-state index in [0.29, 0.717) is 5.92 Å². The molecule has 1 aliphatic carbocycles. The van der Waals surface area contributed by atoms with Gasteiger partial charge in [0.15, 0.2) is 0 Å². The van der Waals surface area contributed by atoms with E-state index in [9.17, 15) is 5.11 Å². The van der Waals surface area contributed by atoms with Gasteiger partial charge in [0, 0.05) is 0 Å². The van der Waals surface area contributed by atoms with Crippen LogP contribution in [0.15, 0.2) is 66.7 Å². The maximum Gasteiger partial charge on any atom is 0.0758 e. The fourth-order valence-corrected chi connectivity index (χ4v) is 3.38. The average Bonchev–Trinajstić information content (AvgIpc) is 2.62. The van der Waals surface area contributed by atoms with E-state index in [1.54, 1.807) is 0 Å². The van der Waals surface area contributed by atoms with E-state index in [1.807, 2.05) is 12.1 Å². The molecule has 0 aliphatic heterocycles. The predicted molar refractivity (Wildman–Crippen MR) is 92.5 cm³/mol. The van der Waals surface area contributed by atoms with Gasteiger partial charge in [-0.2, -0.15) is 0 Å². The minimum atomic E-state index is -0.351. The Morgan fingerprint density at radius 2 is 1.32 bits per heavy atom. The van der Waals surface area contributed by atoms with Gasteiger partial charge >= 0.3 is 0 Å². The van der Waals surface area contributed by atoms with E-state index in [-0.39, 0.29) is 6.10 Å². The Kier molecular flexibility index (Phi) is 5.07. The molecule has 0 amide bonds. The first-order chi connectivity index (χ1) is 10.8. The highest BCUT2D eigenvalue weighted by Gasteiger charge is 2.21. The lowest BCUT2D eigenvalue weighted by Gasteiger charge is -2.25. The van der Waals surface area contributed by atoms with Crippen LogP contribution in [0.2, 0.25) is 0 Å². The Balaban J connectivity index is 1.92. The van der Waals surface area contributed by atoms with Crippen LogP contribution in [-0.2, 0) is 0 Å². The first-order valence-electron chi connectivity index (χ1n) is 8.35. The molecule has 0 bridgehead atoms. The van der Waals surface area contributed by atoms with E-state index >= 15 is 0 Å². The summed E-state index contributed by atoms with van der Waals surface area (Å²) in [5, 5.41) is 10.7. The van der Waals surface area contributed by atoms with E-state index in [2.05, 4.69) is 54.6 Å². The Hall–Kier alpha value is -1.86. The number of aliphatic hydroxyl groups is 1. The summed E-state index contributed by atoms with van der Waals surface area (Å²) in [6, 6.07) is 20.8. The van der Waals surface area contributed by atoms with Crippen LogP contribution in [0.1, 0.15) is 43.2 Å². The highest BCUT2D eigenvalue weighted by molar-refractivity contribution is 5.80. The molecule has 1 aliphatic rings. The molecule has 2 aromatic carbocycles. The van der Waals surface area contributed by atoms with Crippen molar-refractivity contribution in [1.29, 1.82) is 0 Å². The van der Waals surface area contributed by atoms with Crippen LogP contribution in [0.5, 0.6) is 0 Å². The number of hydrogen-bond acceptors (Lipinski definition) is 1. The molecule has 114 valence electrons. The van der Waals surface area contributed by atoms with Gasteiger partial charge in [0.2, 0.25) is 0 Å². The van der Waals surface area contributed by atoms with Gasteiger partial charge < -0.3 is 5.11 Å². The molecule has 1 nitrogen and oxygen atoms in total.